The largest absolute Gasteiger partial charge is 0.355 e. The maximum atomic E-state index is 4.67. The van der Waals surface area contributed by atoms with Gasteiger partial charge >= 0.3 is 0 Å². The summed E-state index contributed by atoms with van der Waals surface area (Å²) in [7, 11) is 0. The number of aromatic amines is 1. The van der Waals surface area contributed by atoms with E-state index >= 15 is 0 Å². The summed E-state index contributed by atoms with van der Waals surface area (Å²) in [5.74, 6) is 0. The smallest absolute Gasteiger partial charge is 0.104 e. The van der Waals surface area contributed by atoms with Crippen molar-refractivity contribution in [1.82, 2.24) is 4.98 Å². The molecule has 0 saturated heterocycles. The van der Waals surface area contributed by atoms with Gasteiger partial charge in [0, 0.05) is 33.1 Å². The highest BCUT2D eigenvalue weighted by Crippen LogP contribution is 2.36. The van der Waals surface area contributed by atoms with Gasteiger partial charge in [-0.05, 0) is 29.8 Å². The standard InChI is InChI=1S/C20H15N3/c1-4-8-18-14(5-1)16-11-13(9-10-19(16)23-18)20-15-6-2-3-7-17(15)21-12-22-20/h1-12,20,23H,(H,21,22). The zero-order valence-electron chi connectivity index (χ0n) is 12.5. The monoisotopic (exact) mass is 297 g/mol. The van der Waals surface area contributed by atoms with Crippen molar-refractivity contribution in [3.63, 3.8) is 0 Å². The predicted molar refractivity (Wildman–Crippen MR) is 96.2 cm³/mol. The lowest BCUT2D eigenvalue weighted by Gasteiger charge is -2.21. The Labute approximate surface area is 133 Å². The molecule has 23 heavy (non-hydrogen) atoms. The first kappa shape index (κ1) is 12.5. The van der Waals surface area contributed by atoms with E-state index in [0.29, 0.717) is 0 Å². The van der Waals surface area contributed by atoms with Crippen LogP contribution in [0.15, 0.2) is 71.7 Å². The minimum Gasteiger partial charge on any atom is -0.355 e. The summed E-state index contributed by atoms with van der Waals surface area (Å²) in [6.07, 6.45) is 1.80. The topological polar surface area (TPSA) is 40.2 Å². The molecule has 0 bridgehead atoms. The van der Waals surface area contributed by atoms with Crippen LogP contribution in [0.5, 0.6) is 0 Å². The summed E-state index contributed by atoms with van der Waals surface area (Å²) in [5.41, 5.74) is 5.91. The van der Waals surface area contributed by atoms with Gasteiger partial charge in [-0.2, -0.15) is 0 Å². The van der Waals surface area contributed by atoms with Crippen molar-refractivity contribution in [3.8, 4) is 0 Å². The van der Waals surface area contributed by atoms with Crippen LogP contribution in [0.2, 0.25) is 0 Å². The molecular formula is C20H15N3. The van der Waals surface area contributed by atoms with Crippen molar-refractivity contribution in [2.24, 2.45) is 4.99 Å². The van der Waals surface area contributed by atoms with E-state index in [9.17, 15) is 0 Å². The third-order valence-electron chi connectivity index (χ3n) is 4.54. The highest BCUT2D eigenvalue weighted by Gasteiger charge is 2.19. The molecule has 0 saturated carbocycles. The lowest BCUT2D eigenvalue weighted by atomic mass is 9.95. The van der Waals surface area contributed by atoms with E-state index in [1.807, 2.05) is 6.07 Å². The van der Waals surface area contributed by atoms with Gasteiger partial charge in [0.1, 0.15) is 6.04 Å². The second kappa shape index (κ2) is 4.71. The number of rotatable bonds is 1. The van der Waals surface area contributed by atoms with E-state index in [2.05, 4.69) is 76.0 Å². The van der Waals surface area contributed by atoms with Gasteiger partial charge in [0.2, 0.25) is 0 Å². The SMILES string of the molecule is C1=NC(c2ccc3[nH]c4ccccc4c3c2)c2ccccc2N1. The van der Waals surface area contributed by atoms with Crippen LogP contribution in [0.1, 0.15) is 17.2 Å². The van der Waals surface area contributed by atoms with Crippen LogP contribution in [0.3, 0.4) is 0 Å². The maximum absolute atomic E-state index is 4.67. The molecule has 1 atom stereocenters. The second-order valence-corrected chi connectivity index (χ2v) is 5.89. The van der Waals surface area contributed by atoms with Crippen molar-refractivity contribution >= 4 is 33.8 Å². The molecule has 0 amide bonds. The van der Waals surface area contributed by atoms with E-state index < -0.39 is 0 Å². The zero-order chi connectivity index (χ0) is 15.2. The van der Waals surface area contributed by atoms with Crippen LogP contribution in [0, 0.1) is 0 Å². The molecule has 1 aliphatic heterocycles. The molecule has 4 aromatic rings. The van der Waals surface area contributed by atoms with Gasteiger partial charge in [-0.3, -0.25) is 4.99 Å². The van der Waals surface area contributed by atoms with Crippen molar-refractivity contribution in [2.45, 2.75) is 6.04 Å². The number of H-pyrrole nitrogens is 1. The molecule has 5 rings (SSSR count). The number of aromatic nitrogens is 1. The number of nitrogens with one attached hydrogen (secondary N) is 2. The normalized spacial score (nSPS) is 16.4. The first-order valence-corrected chi connectivity index (χ1v) is 7.78. The fraction of sp³-hybridized carbons (Fsp3) is 0.0500. The fourth-order valence-corrected chi connectivity index (χ4v) is 3.43. The number of benzene rings is 3. The third kappa shape index (κ3) is 1.87. The zero-order valence-corrected chi connectivity index (χ0v) is 12.5. The van der Waals surface area contributed by atoms with Crippen LogP contribution in [0.25, 0.3) is 21.8 Å². The molecule has 0 radical (unpaired) electrons. The number of nitrogens with zero attached hydrogens (tertiary/aromatic N) is 1. The van der Waals surface area contributed by atoms with E-state index in [1.54, 1.807) is 6.34 Å². The highest BCUT2D eigenvalue weighted by molar-refractivity contribution is 6.07. The highest BCUT2D eigenvalue weighted by atomic mass is 15.0. The lowest BCUT2D eigenvalue weighted by molar-refractivity contribution is 0.872. The minimum atomic E-state index is 0.0468. The van der Waals surface area contributed by atoms with Gasteiger partial charge in [-0.1, -0.05) is 42.5 Å². The summed E-state index contributed by atoms with van der Waals surface area (Å²) >= 11 is 0. The van der Waals surface area contributed by atoms with Crippen molar-refractivity contribution in [1.29, 1.82) is 0 Å². The molecule has 1 aromatic heterocycles. The molecule has 3 aromatic carbocycles. The minimum absolute atomic E-state index is 0.0468. The Morgan fingerprint density at radius 1 is 0.783 bits per heavy atom. The molecule has 0 aliphatic carbocycles. The van der Waals surface area contributed by atoms with E-state index in [1.165, 1.54) is 32.9 Å². The molecule has 3 nitrogen and oxygen atoms in total. The molecule has 2 heterocycles. The van der Waals surface area contributed by atoms with Gasteiger partial charge in [0.25, 0.3) is 0 Å². The van der Waals surface area contributed by atoms with Gasteiger partial charge in [-0.15, -0.1) is 0 Å². The molecule has 1 aliphatic rings. The Balaban J connectivity index is 1.73. The summed E-state index contributed by atoms with van der Waals surface area (Å²) < 4.78 is 0. The summed E-state index contributed by atoms with van der Waals surface area (Å²) in [6, 6.07) is 23.4. The van der Waals surface area contributed by atoms with Crippen molar-refractivity contribution < 1.29 is 0 Å². The maximum Gasteiger partial charge on any atom is 0.104 e. The lowest BCUT2D eigenvalue weighted by Crippen LogP contribution is -2.11. The van der Waals surface area contributed by atoms with E-state index in [-0.39, 0.29) is 6.04 Å². The fourth-order valence-electron chi connectivity index (χ4n) is 3.43. The number of anilines is 1. The van der Waals surface area contributed by atoms with Gasteiger partial charge < -0.3 is 10.3 Å². The van der Waals surface area contributed by atoms with Crippen molar-refractivity contribution in [3.05, 3.63) is 77.9 Å². The molecular weight excluding hydrogens is 282 g/mol. The first-order valence-electron chi connectivity index (χ1n) is 7.78. The first-order chi connectivity index (χ1) is 11.4. The third-order valence-corrected chi connectivity index (χ3v) is 4.54. The Morgan fingerprint density at radius 3 is 2.61 bits per heavy atom. The summed E-state index contributed by atoms with van der Waals surface area (Å²) in [4.78, 5) is 8.14. The van der Waals surface area contributed by atoms with E-state index in [4.69, 9.17) is 0 Å². The number of hydrogen-bond donors (Lipinski definition) is 2. The average molecular weight is 297 g/mol. The second-order valence-electron chi connectivity index (χ2n) is 5.89. The molecule has 0 spiro atoms. The predicted octanol–water partition coefficient (Wildman–Crippen LogP) is 4.86. The van der Waals surface area contributed by atoms with Crippen LogP contribution in [-0.2, 0) is 0 Å². The number of hydrogen-bond acceptors (Lipinski definition) is 2. The van der Waals surface area contributed by atoms with Gasteiger partial charge in [0.05, 0.1) is 6.34 Å². The summed E-state index contributed by atoms with van der Waals surface area (Å²) in [5, 5.41) is 5.74. The Morgan fingerprint density at radius 2 is 1.61 bits per heavy atom. The Bertz CT molecular complexity index is 1060. The Kier molecular flexibility index (Phi) is 2.56. The van der Waals surface area contributed by atoms with Crippen LogP contribution in [0.4, 0.5) is 5.69 Å². The quantitative estimate of drug-likeness (QED) is 0.517. The van der Waals surface area contributed by atoms with Crippen LogP contribution in [-0.4, -0.2) is 11.3 Å². The molecule has 2 N–H and O–H groups in total. The molecule has 110 valence electrons. The van der Waals surface area contributed by atoms with Gasteiger partial charge in [0.15, 0.2) is 0 Å². The van der Waals surface area contributed by atoms with Gasteiger partial charge in [-0.25, -0.2) is 0 Å². The van der Waals surface area contributed by atoms with Crippen molar-refractivity contribution in [2.75, 3.05) is 5.32 Å². The molecule has 1 unspecified atom stereocenters. The number of aliphatic imine (C=N–C) groups is 1. The molecule has 0 fully saturated rings. The molecule has 3 heteroatoms. The van der Waals surface area contributed by atoms with Crippen LogP contribution < -0.4 is 5.32 Å². The van der Waals surface area contributed by atoms with E-state index in [0.717, 1.165) is 5.69 Å². The Hall–Kier alpha value is -3.07. The average Bonchev–Trinajstić information content (AvgIpc) is 2.99. The van der Waals surface area contributed by atoms with Crippen LogP contribution >= 0.6 is 0 Å². The summed E-state index contributed by atoms with van der Waals surface area (Å²) in [6.45, 7) is 0. The number of para-hydroxylation sites is 2. The number of fused-ring (bicyclic) bond motifs is 4.